The first-order valence-electron chi connectivity index (χ1n) is 8.53. The maximum absolute atomic E-state index is 12.4. The van der Waals surface area contributed by atoms with Gasteiger partial charge < -0.3 is 10.2 Å². The van der Waals surface area contributed by atoms with Crippen LogP contribution in [0.25, 0.3) is 10.8 Å². The quantitative estimate of drug-likeness (QED) is 0.384. The van der Waals surface area contributed by atoms with Gasteiger partial charge in [-0.1, -0.05) is 62.8 Å². The first kappa shape index (κ1) is 17.3. The molecule has 0 heterocycles. The van der Waals surface area contributed by atoms with Gasteiger partial charge in [-0.15, -0.1) is 0 Å². The number of phenolic OH excluding ortho intramolecular Hbond substituents is 2. The Kier molecular flexibility index (Phi) is 6.03. The predicted octanol–water partition coefficient (Wildman–Crippen LogP) is 5.49. The number of benzene rings is 2. The number of aromatic hydroxyl groups is 2. The molecule has 23 heavy (non-hydrogen) atoms. The largest absolute Gasteiger partial charge is 0.504 e. The van der Waals surface area contributed by atoms with Crippen LogP contribution in [-0.4, -0.2) is 16.0 Å². The van der Waals surface area contributed by atoms with Crippen LogP contribution in [0.1, 0.15) is 67.8 Å². The van der Waals surface area contributed by atoms with E-state index in [2.05, 4.69) is 6.92 Å². The molecule has 0 aliphatic carbocycles. The Morgan fingerprint density at radius 2 is 1.65 bits per heavy atom. The lowest BCUT2D eigenvalue weighted by atomic mass is 9.97. The van der Waals surface area contributed by atoms with Gasteiger partial charge in [0.15, 0.2) is 17.3 Å². The molecular formula is C20H26O3. The van der Waals surface area contributed by atoms with E-state index in [-0.39, 0.29) is 22.8 Å². The van der Waals surface area contributed by atoms with E-state index in [1.807, 2.05) is 19.1 Å². The maximum Gasteiger partial charge on any atom is 0.169 e. The van der Waals surface area contributed by atoms with Gasteiger partial charge in [0.25, 0.3) is 0 Å². The molecule has 0 aliphatic rings. The van der Waals surface area contributed by atoms with E-state index in [9.17, 15) is 15.0 Å². The van der Waals surface area contributed by atoms with Crippen LogP contribution >= 0.6 is 0 Å². The molecule has 2 aromatic rings. The van der Waals surface area contributed by atoms with Gasteiger partial charge in [-0.25, -0.2) is 0 Å². The van der Waals surface area contributed by atoms with E-state index < -0.39 is 0 Å². The number of carbonyl (C=O) groups excluding carboxylic acids is 1. The Balaban J connectivity index is 2.09. The molecule has 0 amide bonds. The van der Waals surface area contributed by atoms with Crippen LogP contribution in [0.5, 0.6) is 11.5 Å². The minimum atomic E-state index is -0.294. The molecule has 3 nitrogen and oxygen atoms in total. The molecule has 2 aromatic carbocycles. The summed E-state index contributed by atoms with van der Waals surface area (Å²) in [7, 11) is 0. The standard InChI is InChI=1S/C20H26O3/c1-3-4-5-6-7-8-9-18(21)17-13-15-12-14(2)10-11-16(15)19(22)20(17)23/h10-13,22-23H,3-9H2,1-2H3. The van der Waals surface area contributed by atoms with Crippen LogP contribution in [0.15, 0.2) is 24.3 Å². The molecule has 0 saturated carbocycles. The molecule has 3 heteroatoms. The van der Waals surface area contributed by atoms with E-state index in [1.54, 1.807) is 12.1 Å². The molecule has 124 valence electrons. The fourth-order valence-corrected chi connectivity index (χ4v) is 2.91. The third-order valence-electron chi connectivity index (χ3n) is 4.30. The lowest BCUT2D eigenvalue weighted by Gasteiger charge is -2.10. The first-order chi connectivity index (χ1) is 11.0. The number of hydrogen-bond donors (Lipinski definition) is 2. The average Bonchev–Trinajstić information content (AvgIpc) is 2.53. The molecule has 0 radical (unpaired) electrons. The summed E-state index contributed by atoms with van der Waals surface area (Å²) in [5, 5.41) is 21.6. The van der Waals surface area contributed by atoms with Crippen molar-refractivity contribution in [2.24, 2.45) is 0 Å². The summed E-state index contributed by atoms with van der Waals surface area (Å²) < 4.78 is 0. The number of Topliss-reactive ketones (excluding diaryl/α,β-unsaturated/α-hetero) is 1. The van der Waals surface area contributed by atoms with E-state index >= 15 is 0 Å². The summed E-state index contributed by atoms with van der Waals surface area (Å²) >= 11 is 0. The van der Waals surface area contributed by atoms with E-state index in [0.717, 1.165) is 30.2 Å². The highest BCUT2D eigenvalue weighted by molar-refractivity contribution is 6.05. The molecule has 0 unspecified atom stereocenters. The Bertz CT molecular complexity index is 689. The third kappa shape index (κ3) is 4.25. The van der Waals surface area contributed by atoms with E-state index in [4.69, 9.17) is 0 Å². The highest BCUT2D eigenvalue weighted by Crippen LogP contribution is 2.38. The summed E-state index contributed by atoms with van der Waals surface area (Å²) in [4.78, 5) is 12.4. The summed E-state index contributed by atoms with van der Waals surface area (Å²) in [6, 6.07) is 7.24. The van der Waals surface area contributed by atoms with Crippen LogP contribution in [0.3, 0.4) is 0 Å². The van der Waals surface area contributed by atoms with E-state index in [1.165, 1.54) is 19.3 Å². The number of carbonyl (C=O) groups is 1. The summed E-state index contributed by atoms with van der Waals surface area (Å²) in [5.74, 6) is -0.595. The fraction of sp³-hybridized carbons (Fsp3) is 0.450. The van der Waals surface area contributed by atoms with Crippen molar-refractivity contribution in [1.29, 1.82) is 0 Å². The van der Waals surface area contributed by atoms with Crippen molar-refractivity contribution in [3.63, 3.8) is 0 Å². The number of fused-ring (bicyclic) bond motifs is 1. The number of ketones is 1. The highest BCUT2D eigenvalue weighted by atomic mass is 16.3. The van der Waals surface area contributed by atoms with Gasteiger partial charge >= 0.3 is 0 Å². The van der Waals surface area contributed by atoms with Gasteiger partial charge in [0.2, 0.25) is 0 Å². The molecule has 0 aromatic heterocycles. The molecule has 0 fully saturated rings. The van der Waals surface area contributed by atoms with Crippen molar-refractivity contribution in [2.75, 3.05) is 0 Å². The smallest absolute Gasteiger partial charge is 0.169 e. The number of aryl methyl sites for hydroxylation is 1. The molecule has 2 N–H and O–H groups in total. The lowest BCUT2D eigenvalue weighted by Crippen LogP contribution is -2.00. The molecule has 0 saturated heterocycles. The number of unbranched alkanes of at least 4 members (excludes halogenated alkanes) is 5. The Morgan fingerprint density at radius 3 is 2.39 bits per heavy atom. The molecule has 0 spiro atoms. The van der Waals surface area contributed by atoms with Crippen LogP contribution in [0.2, 0.25) is 0 Å². The maximum atomic E-state index is 12.4. The number of phenols is 2. The summed E-state index contributed by atoms with van der Waals surface area (Å²) in [6.45, 7) is 4.14. The topological polar surface area (TPSA) is 57.5 Å². The van der Waals surface area contributed by atoms with Crippen LogP contribution < -0.4 is 0 Å². The zero-order chi connectivity index (χ0) is 16.8. The Labute approximate surface area is 138 Å². The molecule has 0 bridgehead atoms. The van der Waals surface area contributed by atoms with Crippen molar-refractivity contribution in [3.8, 4) is 11.5 Å². The molecule has 0 atom stereocenters. The normalized spacial score (nSPS) is 11.0. The summed E-state index contributed by atoms with van der Waals surface area (Å²) in [6.07, 6.45) is 7.09. The predicted molar refractivity (Wildman–Crippen MR) is 94.3 cm³/mol. The minimum absolute atomic E-state index is 0.100. The fourth-order valence-electron chi connectivity index (χ4n) is 2.91. The van der Waals surface area contributed by atoms with Crippen molar-refractivity contribution in [3.05, 3.63) is 35.4 Å². The number of rotatable bonds is 8. The average molecular weight is 314 g/mol. The second-order valence-electron chi connectivity index (χ2n) is 6.29. The third-order valence-corrected chi connectivity index (χ3v) is 4.30. The minimum Gasteiger partial charge on any atom is -0.504 e. The number of hydrogen-bond acceptors (Lipinski definition) is 3. The zero-order valence-corrected chi connectivity index (χ0v) is 14.1. The SMILES string of the molecule is CCCCCCCCC(=O)c1cc2cc(C)ccc2c(O)c1O. The van der Waals surface area contributed by atoms with Crippen molar-refractivity contribution in [1.82, 2.24) is 0 Å². The van der Waals surface area contributed by atoms with Crippen molar-refractivity contribution >= 4 is 16.6 Å². The van der Waals surface area contributed by atoms with Crippen LogP contribution in [0.4, 0.5) is 0 Å². The Hall–Kier alpha value is -2.03. The van der Waals surface area contributed by atoms with E-state index in [0.29, 0.717) is 11.8 Å². The molecule has 2 rings (SSSR count). The zero-order valence-electron chi connectivity index (χ0n) is 14.1. The molecule has 0 aliphatic heterocycles. The van der Waals surface area contributed by atoms with Gasteiger partial charge in [0, 0.05) is 11.8 Å². The van der Waals surface area contributed by atoms with Crippen LogP contribution in [0, 0.1) is 6.92 Å². The van der Waals surface area contributed by atoms with Crippen molar-refractivity contribution in [2.45, 2.75) is 58.8 Å². The van der Waals surface area contributed by atoms with Gasteiger partial charge in [-0.2, -0.15) is 0 Å². The monoisotopic (exact) mass is 314 g/mol. The van der Waals surface area contributed by atoms with Gasteiger partial charge in [-0.3, -0.25) is 4.79 Å². The van der Waals surface area contributed by atoms with Gasteiger partial charge in [0.1, 0.15) is 0 Å². The van der Waals surface area contributed by atoms with Crippen LogP contribution in [-0.2, 0) is 0 Å². The lowest BCUT2D eigenvalue weighted by molar-refractivity contribution is 0.0976. The first-order valence-corrected chi connectivity index (χ1v) is 8.53. The van der Waals surface area contributed by atoms with Crippen molar-refractivity contribution < 1.29 is 15.0 Å². The second kappa shape index (κ2) is 8.00. The van der Waals surface area contributed by atoms with Gasteiger partial charge in [-0.05, 0) is 24.8 Å². The Morgan fingerprint density at radius 1 is 0.957 bits per heavy atom. The second-order valence-corrected chi connectivity index (χ2v) is 6.29. The molecular weight excluding hydrogens is 288 g/mol. The van der Waals surface area contributed by atoms with Gasteiger partial charge in [0.05, 0.1) is 5.56 Å². The highest BCUT2D eigenvalue weighted by Gasteiger charge is 2.17. The summed E-state index contributed by atoms with van der Waals surface area (Å²) in [5.41, 5.74) is 1.28.